The number of amides is 1. The van der Waals surface area contributed by atoms with E-state index in [0.29, 0.717) is 23.2 Å². The van der Waals surface area contributed by atoms with Crippen molar-refractivity contribution < 1.29 is 14.3 Å². The van der Waals surface area contributed by atoms with E-state index in [9.17, 15) is 9.59 Å². The Morgan fingerprint density at radius 1 is 0.808 bits per heavy atom. The van der Waals surface area contributed by atoms with Crippen LogP contribution in [0.4, 0.5) is 5.69 Å². The van der Waals surface area contributed by atoms with Gasteiger partial charge in [-0.2, -0.15) is 0 Å². The highest BCUT2D eigenvalue weighted by Gasteiger charge is 2.16. The van der Waals surface area contributed by atoms with E-state index in [0.717, 1.165) is 11.1 Å². The lowest BCUT2D eigenvalue weighted by Gasteiger charge is -2.12. The number of rotatable bonds is 5. The van der Waals surface area contributed by atoms with Crippen LogP contribution in [-0.2, 0) is 11.2 Å². The Labute approximate surface area is 152 Å². The molecule has 0 fully saturated rings. The van der Waals surface area contributed by atoms with Crippen LogP contribution in [0.25, 0.3) is 0 Å². The summed E-state index contributed by atoms with van der Waals surface area (Å²) in [6.45, 7) is 0. The Balaban J connectivity index is 1.87. The first kappa shape index (κ1) is 17.4. The van der Waals surface area contributed by atoms with Gasteiger partial charge in [-0.15, -0.1) is 0 Å². The number of methoxy groups -OCH3 is 1. The van der Waals surface area contributed by atoms with E-state index in [1.807, 2.05) is 48.5 Å². The van der Waals surface area contributed by atoms with Crippen molar-refractivity contribution in [2.24, 2.45) is 0 Å². The number of carbonyl (C=O) groups is 2. The van der Waals surface area contributed by atoms with Crippen LogP contribution in [0.2, 0.25) is 0 Å². The van der Waals surface area contributed by atoms with Gasteiger partial charge in [-0.1, -0.05) is 60.7 Å². The fraction of sp³-hybridized carbons (Fsp3) is 0.0909. The van der Waals surface area contributed by atoms with Crippen LogP contribution >= 0.6 is 0 Å². The van der Waals surface area contributed by atoms with Crippen LogP contribution in [0.3, 0.4) is 0 Å². The molecule has 4 nitrogen and oxygen atoms in total. The maximum absolute atomic E-state index is 12.8. The van der Waals surface area contributed by atoms with Crippen molar-refractivity contribution in [3.63, 3.8) is 0 Å². The van der Waals surface area contributed by atoms with E-state index in [1.54, 1.807) is 30.3 Å². The van der Waals surface area contributed by atoms with E-state index in [-0.39, 0.29) is 5.91 Å². The zero-order chi connectivity index (χ0) is 18.4. The van der Waals surface area contributed by atoms with Crippen molar-refractivity contribution in [1.29, 1.82) is 0 Å². The van der Waals surface area contributed by atoms with Crippen LogP contribution in [0.1, 0.15) is 31.8 Å². The van der Waals surface area contributed by atoms with E-state index in [4.69, 9.17) is 4.74 Å². The second-order valence-corrected chi connectivity index (χ2v) is 5.81. The molecule has 130 valence electrons. The summed E-state index contributed by atoms with van der Waals surface area (Å²) in [5, 5.41) is 2.83. The Kier molecular flexibility index (Phi) is 5.44. The average Bonchev–Trinajstić information content (AvgIpc) is 2.69. The third-order valence-corrected chi connectivity index (χ3v) is 4.08. The molecule has 3 rings (SSSR count). The van der Waals surface area contributed by atoms with Gasteiger partial charge in [-0.05, 0) is 35.7 Å². The monoisotopic (exact) mass is 345 g/mol. The SMILES string of the molecule is COC(=O)c1ccccc1NC(=O)c1ccccc1Cc1ccccc1. The number of esters is 1. The molecule has 3 aromatic carbocycles. The zero-order valence-corrected chi connectivity index (χ0v) is 14.4. The van der Waals surface area contributed by atoms with Crippen molar-refractivity contribution in [2.75, 3.05) is 12.4 Å². The van der Waals surface area contributed by atoms with E-state index in [2.05, 4.69) is 5.32 Å². The molecule has 0 unspecified atom stereocenters. The summed E-state index contributed by atoms with van der Waals surface area (Å²) in [4.78, 5) is 24.7. The molecule has 3 aromatic rings. The van der Waals surface area contributed by atoms with Gasteiger partial charge in [0.15, 0.2) is 0 Å². The van der Waals surface area contributed by atoms with Crippen LogP contribution < -0.4 is 5.32 Å². The summed E-state index contributed by atoms with van der Waals surface area (Å²) in [6.07, 6.45) is 0.656. The summed E-state index contributed by atoms with van der Waals surface area (Å²) >= 11 is 0. The smallest absolute Gasteiger partial charge is 0.339 e. The summed E-state index contributed by atoms with van der Waals surface area (Å²) in [5.41, 5.74) is 3.38. The van der Waals surface area contributed by atoms with Crippen molar-refractivity contribution in [1.82, 2.24) is 0 Å². The van der Waals surface area contributed by atoms with Gasteiger partial charge >= 0.3 is 5.97 Å². The summed E-state index contributed by atoms with van der Waals surface area (Å²) < 4.78 is 4.78. The quantitative estimate of drug-likeness (QED) is 0.701. The molecule has 0 bridgehead atoms. The molecule has 0 saturated carbocycles. The fourth-order valence-electron chi connectivity index (χ4n) is 2.78. The van der Waals surface area contributed by atoms with Gasteiger partial charge in [-0.25, -0.2) is 4.79 Å². The highest BCUT2D eigenvalue weighted by atomic mass is 16.5. The van der Waals surface area contributed by atoms with Crippen molar-refractivity contribution in [3.8, 4) is 0 Å². The molecule has 0 atom stereocenters. The minimum absolute atomic E-state index is 0.257. The summed E-state index contributed by atoms with van der Waals surface area (Å²) in [6, 6.07) is 24.2. The Hall–Kier alpha value is -3.40. The lowest BCUT2D eigenvalue weighted by atomic mass is 9.99. The molecular weight excluding hydrogens is 326 g/mol. The first-order valence-electron chi connectivity index (χ1n) is 8.29. The highest BCUT2D eigenvalue weighted by Crippen LogP contribution is 2.20. The Morgan fingerprint density at radius 2 is 1.42 bits per heavy atom. The second-order valence-electron chi connectivity index (χ2n) is 5.81. The number of ether oxygens (including phenoxy) is 1. The van der Waals surface area contributed by atoms with Crippen LogP contribution in [-0.4, -0.2) is 19.0 Å². The maximum Gasteiger partial charge on any atom is 0.339 e. The van der Waals surface area contributed by atoms with Crippen LogP contribution in [0.5, 0.6) is 0 Å². The van der Waals surface area contributed by atoms with Crippen LogP contribution in [0.15, 0.2) is 78.9 Å². The minimum Gasteiger partial charge on any atom is -0.465 e. The minimum atomic E-state index is -0.488. The molecule has 1 N–H and O–H groups in total. The fourth-order valence-corrected chi connectivity index (χ4v) is 2.78. The van der Waals surface area contributed by atoms with E-state index >= 15 is 0 Å². The van der Waals surface area contributed by atoms with Gasteiger partial charge in [0.25, 0.3) is 5.91 Å². The van der Waals surface area contributed by atoms with Crippen molar-refractivity contribution in [3.05, 3.63) is 101 Å². The lowest BCUT2D eigenvalue weighted by Crippen LogP contribution is -2.17. The summed E-state index contributed by atoms with van der Waals surface area (Å²) in [7, 11) is 1.32. The Morgan fingerprint density at radius 3 is 2.15 bits per heavy atom. The molecule has 0 heterocycles. The number of benzene rings is 3. The number of hydrogen-bond donors (Lipinski definition) is 1. The molecule has 0 spiro atoms. The van der Waals surface area contributed by atoms with Gasteiger partial charge in [-0.3, -0.25) is 4.79 Å². The predicted octanol–water partition coefficient (Wildman–Crippen LogP) is 4.32. The van der Waals surface area contributed by atoms with Crippen LogP contribution in [0, 0.1) is 0 Å². The number of hydrogen-bond acceptors (Lipinski definition) is 3. The third kappa shape index (κ3) is 3.98. The highest BCUT2D eigenvalue weighted by molar-refractivity contribution is 6.08. The summed E-state index contributed by atoms with van der Waals surface area (Å²) in [5.74, 6) is -0.744. The molecule has 0 aliphatic rings. The van der Waals surface area contributed by atoms with Gasteiger partial charge in [0, 0.05) is 5.56 Å². The lowest BCUT2D eigenvalue weighted by molar-refractivity contribution is 0.0602. The standard InChI is InChI=1S/C22H19NO3/c1-26-22(25)19-13-7-8-14-20(19)23-21(24)18-12-6-5-11-17(18)15-16-9-3-2-4-10-16/h2-14H,15H2,1H3,(H,23,24). The average molecular weight is 345 g/mol. The van der Waals surface area contributed by atoms with Gasteiger partial charge in [0.2, 0.25) is 0 Å². The molecule has 0 aliphatic heterocycles. The number of carbonyl (C=O) groups excluding carboxylic acids is 2. The Bertz CT molecular complexity index is 919. The van der Waals surface area contributed by atoms with E-state index in [1.165, 1.54) is 7.11 Å². The molecule has 0 radical (unpaired) electrons. The third-order valence-electron chi connectivity index (χ3n) is 4.08. The maximum atomic E-state index is 12.8. The second kappa shape index (κ2) is 8.12. The van der Waals surface area contributed by atoms with Gasteiger partial charge in [0.1, 0.15) is 0 Å². The van der Waals surface area contributed by atoms with E-state index < -0.39 is 5.97 Å². The number of para-hydroxylation sites is 1. The molecule has 0 aliphatic carbocycles. The number of nitrogens with one attached hydrogen (secondary N) is 1. The van der Waals surface area contributed by atoms with Crippen molar-refractivity contribution in [2.45, 2.75) is 6.42 Å². The van der Waals surface area contributed by atoms with Gasteiger partial charge in [0.05, 0.1) is 18.4 Å². The van der Waals surface area contributed by atoms with Crippen molar-refractivity contribution >= 4 is 17.6 Å². The normalized spacial score (nSPS) is 10.2. The molecule has 0 aromatic heterocycles. The van der Waals surface area contributed by atoms with Gasteiger partial charge < -0.3 is 10.1 Å². The molecular formula is C22H19NO3. The first-order chi connectivity index (χ1) is 12.7. The predicted molar refractivity (Wildman–Crippen MR) is 101 cm³/mol. The molecule has 1 amide bonds. The molecule has 4 heteroatoms. The number of anilines is 1. The topological polar surface area (TPSA) is 55.4 Å². The molecule has 0 saturated heterocycles. The first-order valence-corrected chi connectivity index (χ1v) is 8.29. The largest absolute Gasteiger partial charge is 0.465 e. The zero-order valence-electron chi connectivity index (χ0n) is 14.4. The molecule has 26 heavy (non-hydrogen) atoms.